The number of hydrogen-bond acceptors (Lipinski definition) is 7. The van der Waals surface area contributed by atoms with Gasteiger partial charge in [-0.3, -0.25) is 0 Å². The van der Waals surface area contributed by atoms with Gasteiger partial charge in [0, 0.05) is 38.8 Å². The molecule has 185 valence electrons. The van der Waals surface area contributed by atoms with Gasteiger partial charge >= 0.3 is 5.97 Å². The first-order valence-electron chi connectivity index (χ1n) is 10.8. The number of carbonyl (C=O) groups is 1. The predicted molar refractivity (Wildman–Crippen MR) is 133 cm³/mol. The van der Waals surface area contributed by atoms with Crippen LogP contribution in [0.4, 0.5) is 0 Å². The van der Waals surface area contributed by atoms with Crippen LogP contribution in [-0.4, -0.2) is 50.2 Å². The van der Waals surface area contributed by atoms with Crippen LogP contribution in [-0.2, 0) is 61.5 Å². The van der Waals surface area contributed by atoms with Gasteiger partial charge < -0.3 is 18.9 Å². The van der Waals surface area contributed by atoms with Crippen LogP contribution in [0.25, 0.3) is 12.2 Å². The second kappa shape index (κ2) is 15.0. The average molecular weight is 574 g/mol. The molecule has 2 aromatic rings. The third kappa shape index (κ3) is 8.57. The van der Waals surface area contributed by atoms with Crippen LogP contribution in [0.5, 0.6) is 5.75 Å². The Balaban J connectivity index is 0.00000216. The average Bonchev–Trinajstić information content (AvgIpc) is 3.42. The van der Waals surface area contributed by atoms with Crippen molar-refractivity contribution in [3.63, 3.8) is 0 Å². The van der Waals surface area contributed by atoms with E-state index in [-0.39, 0.29) is 74.1 Å². The minimum absolute atomic E-state index is 0. The first kappa shape index (κ1) is 29.8. The van der Waals surface area contributed by atoms with E-state index in [9.17, 15) is 4.79 Å². The molecule has 0 aliphatic carbocycles. The summed E-state index contributed by atoms with van der Waals surface area (Å²) in [6, 6.07) is 15.4. The first-order chi connectivity index (χ1) is 16.1. The smallest absolute Gasteiger partial charge is 0.331 e. The molecular formula is C26H30O7PY-. The number of aryl methyl sites for hydroxylation is 1. The number of rotatable bonds is 9. The van der Waals surface area contributed by atoms with Crippen molar-refractivity contribution in [2.45, 2.75) is 31.3 Å². The van der Waals surface area contributed by atoms with Gasteiger partial charge in [-0.05, 0) is 36.3 Å². The van der Waals surface area contributed by atoms with Gasteiger partial charge in [-0.2, -0.15) is 17.0 Å². The summed E-state index contributed by atoms with van der Waals surface area (Å²) in [7, 11) is 3.37. The molecule has 2 saturated heterocycles. The number of ether oxygens (including phenoxy) is 4. The molecule has 2 aliphatic rings. The molecule has 35 heavy (non-hydrogen) atoms. The standard InChI is InChI=1S/C26H27O7.H3P.Y/c1-18-5-7-20(8-6-18)11-14-24(27)32-22-16-29-26-23(17-30-25(22)26)33-31-15-3-4-19-9-12-21(28-2)13-10-19;;/h3-14,22-23,25-26H,2,15-17H2,1H3;1H3;/q-1;;/b4-3+,14-11-;;/t22-,23+,25-,26-;;/m1../s1. The molecule has 2 aliphatic heterocycles. The van der Waals surface area contributed by atoms with E-state index in [0.29, 0.717) is 12.4 Å². The van der Waals surface area contributed by atoms with E-state index in [2.05, 4.69) is 7.11 Å². The van der Waals surface area contributed by atoms with E-state index in [1.807, 2.05) is 67.6 Å². The Morgan fingerprint density at radius 3 is 2.26 bits per heavy atom. The normalized spacial score (nSPS) is 23.0. The Morgan fingerprint density at radius 2 is 1.57 bits per heavy atom. The molecule has 2 heterocycles. The second-order valence-corrected chi connectivity index (χ2v) is 7.85. The molecule has 4 rings (SSSR count). The Hall–Kier alpha value is -1.44. The maximum absolute atomic E-state index is 12.2. The molecule has 1 radical (unpaired) electrons. The number of benzene rings is 2. The number of hydrogen-bond donors (Lipinski definition) is 0. The van der Waals surface area contributed by atoms with Crippen LogP contribution < -0.4 is 4.74 Å². The van der Waals surface area contributed by atoms with Gasteiger partial charge in [-0.1, -0.05) is 54.1 Å². The molecule has 0 spiro atoms. The predicted octanol–water partition coefficient (Wildman–Crippen LogP) is 3.97. The molecule has 2 fully saturated rings. The van der Waals surface area contributed by atoms with Crippen molar-refractivity contribution < 1.29 is 66.2 Å². The van der Waals surface area contributed by atoms with Gasteiger partial charge in [-0.25, -0.2) is 14.6 Å². The minimum Gasteiger partial charge on any atom is -0.665 e. The summed E-state index contributed by atoms with van der Waals surface area (Å²) in [5.41, 5.74) is 3.09. The Kier molecular flexibility index (Phi) is 12.7. The maximum atomic E-state index is 12.2. The first-order valence-corrected chi connectivity index (χ1v) is 10.8. The van der Waals surface area contributed by atoms with Crippen molar-refractivity contribution in [1.29, 1.82) is 0 Å². The van der Waals surface area contributed by atoms with Crippen molar-refractivity contribution in [1.82, 2.24) is 0 Å². The third-order valence-electron chi connectivity index (χ3n) is 5.43. The fourth-order valence-corrected chi connectivity index (χ4v) is 3.67. The van der Waals surface area contributed by atoms with Gasteiger partial charge in [0.2, 0.25) is 0 Å². The molecule has 0 saturated carbocycles. The van der Waals surface area contributed by atoms with Crippen molar-refractivity contribution in [2.24, 2.45) is 0 Å². The van der Waals surface area contributed by atoms with E-state index in [1.54, 1.807) is 6.08 Å². The third-order valence-corrected chi connectivity index (χ3v) is 5.43. The van der Waals surface area contributed by atoms with Crippen molar-refractivity contribution in [3.8, 4) is 5.75 Å². The van der Waals surface area contributed by atoms with Crippen molar-refractivity contribution in [3.05, 3.63) is 84.5 Å². The summed E-state index contributed by atoms with van der Waals surface area (Å²) in [4.78, 5) is 23.0. The zero-order valence-electron chi connectivity index (χ0n) is 19.7. The summed E-state index contributed by atoms with van der Waals surface area (Å²) >= 11 is 0. The molecule has 0 amide bonds. The molecule has 0 aromatic heterocycles. The van der Waals surface area contributed by atoms with Crippen LogP contribution >= 0.6 is 9.90 Å². The Morgan fingerprint density at radius 1 is 0.971 bits per heavy atom. The zero-order valence-corrected chi connectivity index (χ0v) is 24.0. The summed E-state index contributed by atoms with van der Waals surface area (Å²) in [5, 5.41) is 0. The zero-order chi connectivity index (χ0) is 23.0. The fourth-order valence-electron chi connectivity index (χ4n) is 3.67. The maximum Gasteiger partial charge on any atom is 0.331 e. The van der Waals surface area contributed by atoms with Crippen molar-refractivity contribution in [2.75, 3.05) is 19.8 Å². The van der Waals surface area contributed by atoms with Gasteiger partial charge in [-0.15, -0.1) is 0 Å². The van der Waals surface area contributed by atoms with Gasteiger partial charge in [0.1, 0.15) is 24.9 Å². The second-order valence-electron chi connectivity index (χ2n) is 7.85. The summed E-state index contributed by atoms with van der Waals surface area (Å²) < 4.78 is 21.9. The fraction of sp³-hybridized carbons (Fsp3) is 0.308. The van der Waals surface area contributed by atoms with E-state index < -0.39 is 12.1 Å². The summed E-state index contributed by atoms with van der Waals surface area (Å²) in [6.45, 7) is 2.84. The Bertz CT molecular complexity index is 978. The monoisotopic (exact) mass is 574 g/mol. The van der Waals surface area contributed by atoms with Gasteiger partial charge in [0.25, 0.3) is 0 Å². The van der Waals surface area contributed by atoms with E-state index in [4.69, 9.17) is 28.7 Å². The molecule has 7 nitrogen and oxygen atoms in total. The topological polar surface area (TPSA) is 72.5 Å². The molecule has 0 N–H and O–H groups in total. The molecule has 0 bridgehead atoms. The van der Waals surface area contributed by atoms with Crippen LogP contribution in [0.3, 0.4) is 0 Å². The molecule has 2 aromatic carbocycles. The van der Waals surface area contributed by atoms with E-state index in [0.717, 1.165) is 16.7 Å². The van der Waals surface area contributed by atoms with Gasteiger partial charge in [0.15, 0.2) is 6.10 Å². The minimum atomic E-state index is -0.482. The molecular weight excluding hydrogens is 544 g/mol. The summed E-state index contributed by atoms with van der Waals surface area (Å²) in [5.74, 6) is 0.263. The van der Waals surface area contributed by atoms with E-state index in [1.165, 1.54) is 6.08 Å². The number of fused-ring (bicyclic) bond motifs is 1. The molecule has 5 atom stereocenters. The van der Waals surface area contributed by atoms with Crippen LogP contribution in [0.1, 0.15) is 16.7 Å². The largest absolute Gasteiger partial charge is 0.665 e. The molecule has 9 heteroatoms. The Labute approximate surface area is 234 Å². The van der Waals surface area contributed by atoms with E-state index >= 15 is 0 Å². The SMILES string of the molecule is P.[CH2-]Oc1ccc(/C=C/COO[C@H]2CO[C@H]3[C@@H]2OC[C@H]3OC(=O)/C=C\c2ccc(C)cc2)cc1.[Y]. The van der Waals surface area contributed by atoms with Crippen LogP contribution in [0.2, 0.25) is 0 Å². The molecule has 1 unspecified atom stereocenters. The quantitative estimate of drug-likeness (QED) is 0.0854. The van der Waals surface area contributed by atoms with Crippen LogP contribution in [0.15, 0.2) is 60.7 Å². The summed E-state index contributed by atoms with van der Waals surface area (Å²) in [6.07, 6.45) is 5.30. The number of carbonyl (C=O) groups excluding carboxylic acids is 1. The van der Waals surface area contributed by atoms with Crippen LogP contribution in [0, 0.1) is 14.0 Å². The number of esters is 1. The van der Waals surface area contributed by atoms with Gasteiger partial charge in [0.05, 0.1) is 19.0 Å². The van der Waals surface area contributed by atoms with Crippen molar-refractivity contribution >= 4 is 28.0 Å².